The Morgan fingerprint density at radius 2 is 2.19 bits per heavy atom. The summed E-state index contributed by atoms with van der Waals surface area (Å²) in [5.74, 6) is 6.36. The van der Waals surface area contributed by atoms with E-state index in [1.54, 1.807) is 18.3 Å². The summed E-state index contributed by atoms with van der Waals surface area (Å²) in [5, 5.41) is 2.85. The number of pyridine rings is 1. The second kappa shape index (κ2) is 5.80. The Morgan fingerprint density at radius 1 is 1.33 bits per heavy atom. The number of nitrogens with two attached hydrogens (primary N) is 1. The second-order valence-corrected chi connectivity index (χ2v) is 4.81. The van der Waals surface area contributed by atoms with Gasteiger partial charge in [-0.15, -0.1) is 0 Å². The van der Waals surface area contributed by atoms with Crippen molar-refractivity contribution in [2.24, 2.45) is 5.84 Å². The van der Waals surface area contributed by atoms with Crippen molar-refractivity contribution >= 4 is 11.7 Å². The lowest BCUT2D eigenvalue weighted by molar-refractivity contribution is 0.0934. The van der Waals surface area contributed by atoms with Crippen LogP contribution < -0.4 is 21.3 Å². The Hall–Kier alpha value is -2.60. The smallest absolute Gasteiger partial charge is 0.255 e. The summed E-state index contributed by atoms with van der Waals surface area (Å²) in [7, 11) is 0. The van der Waals surface area contributed by atoms with E-state index in [0.29, 0.717) is 17.9 Å². The van der Waals surface area contributed by atoms with Crippen LogP contribution >= 0.6 is 0 Å². The number of carbonyl (C=O) groups excluding carboxylic acids is 1. The third-order valence-electron chi connectivity index (χ3n) is 3.39. The number of amides is 1. The molecule has 0 fully saturated rings. The van der Waals surface area contributed by atoms with Gasteiger partial charge in [-0.2, -0.15) is 0 Å². The summed E-state index contributed by atoms with van der Waals surface area (Å²) < 4.78 is 5.78. The Kier molecular flexibility index (Phi) is 3.70. The van der Waals surface area contributed by atoms with Gasteiger partial charge < -0.3 is 15.5 Å². The van der Waals surface area contributed by atoms with E-state index in [9.17, 15) is 4.79 Å². The lowest BCUT2D eigenvalue weighted by Crippen LogP contribution is -2.35. The van der Waals surface area contributed by atoms with Crippen molar-refractivity contribution in [3.63, 3.8) is 0 Å². The highest BCUT2D eigenvalue weighted by molar-refractivity contribution is 5.98. The zero-order valence-corrected chi connectivity index (χ0v) is 11.4. The third-order valence-corrected chi connectivity index (χ3v) is 3.39. The fraction of sp³-hybridized carbons (Fsp3) is 0.200. The minimum absolute atomic E-state index is 0.0442. The van der Waals surface area contributed by atoms with Gasteiger partial charge in [0.05, 0.1) is 12.1 Å². The van der Waals surface area contributed by atoms with E-state index in [2.05, 4.69) is 15.7 Å². The SMILES string of the molecule is NNc1ncccc1C(=O)NCC1Cc2ccccc2O1. The first-order valence-corrected chi connectivity index (χ1v) is 6.72. The van der Waals surface area contributed by atoms with Crippen LogP contribution in [0.1, 0.15) is 15.9 Å². The average Bonchev–Trinajstić information content (AvgIpc) is 2.95. The van der Waals surface area contributed by atoms with Gasteiger partial charge in [-0.05, 0) is 23.8 Å². The molecule has 1 aliphatic rings. The molecule has 1 aromatic carbocycles. The van der Waals surface area contributed by atoms with Gasteiger partial charge in [0.1, 0.15) is 11.9 Å². The van der Waals surface area contributed by atoms with Crippen LogP contribution in [0.5, 0.6) is 5.75 Å². The molecule has 0 saturated carbocycles. The van der Waals surface area contributed by atoms with Gasteiger partial charge in [-0.25, -0.2) is 10.8 Å². The van der Waals surface area contributed by atoms with Gasteiger partial charge in [0, 0.05) is 12.6 Å². The number of hydrazine groups is 1. The normalized spacial score (nSPS) is 16.0. The number of anilines is 1. The highest BCUT2D eigenvalue weighted by atomic mass is 16.5. The molecule has 1 aromatic heterocycles. The second-order valence-electron chi connectivity index (χ2n) is 4.81. The molecule has 1 amide bonds. The summed E-state index contributed by atoms with van der Waals surface area (Å²) in [5.41, 5.74) is 4.00. The van der Waals surface area contributed by atoms with Crippen molar-refractivity contribution in [3.8, 4) is 5.75 Å². The van der Waals surface area contributed by atoms with E-state index in [0.717, 1.165) is 12.2 Å². The fourth-order valence-electron chi connectivity index (χ4n) is 2.37. The van der Waals surface area contributed by atoms with Crippen LogP contribution in [0, 0.1) is 0 Å². The van der Waals surface area contributed by atoms with E-state index < -0.39 is 0 Å². The number of benzene rings is 1. The Balaban J connectivity index is 1.60. The van der Waals surface area contributed by atoms with Crippen molar-refractivity contribution in [3.05, 3.63) is 53.7 Å². The maximum atomic E-state index is 12.2. The van der Waals surface area contributed by atoms with Crippen molar-refractivity contribution in [2.45, 2.75) is 12.5 Å². The number of hydrogen-bond donors (Lipinski definition) is 3. The molecule has 2 aromatic rings. The van der Waals surface area contributed by atoms with Crippen molar-refractivity contribution in [2.75, 3.05) is 12.0 Å². The van der Waals surface area contributed by atoms with Gasteiger partial charge in [-0.3, -0.25) is 4.79 Å². The fourth-order valence-corrected chi connectivity index (χ4v) is 2.37. The molecular formula is C15H16N4O2. The van der Waals surface area contributed by atoms with Crippen LogP contribution in [0.25, 0.3) is 0 Å². The van der Waals surface area contributed by atoms with Crippen LogP contribution in [0.2, 0.25) is 0 Å². The quantitative estimate of drug-likeness (QED) is 0.578. The molecule has 6 heteroatoms. The summed E-state index contributed by atoms with van der Waals surface area (Å²) in [6, 6.07) is 11.3. The molecule has 0 bridgehead atoms. The molecule has 0 spiro atoms. The Labute approximate surface area is 122 Å². The van der Waals surface area contributed by atoms with Crippen LogP contribution in [0.3, 0.4) is 0 Å². The molecule has 1 atom stereocenters. The Bertz CT molecular complexity index is 635. The minimum atomic E-state index is -0.226. The molecule has 6 nitrogen and oxygen atoms in total. The summed E-state index contributed by atoms with van der Waals surface area (Å²) >= 11 is 0. The number of nitrogens with zero attached hydrogens (tertiary/aromatic N) is 1. The number of ether oxygens (including phenoxy) is 1. The van der Waals surface area contributed by atoms with Gasteiger partial charge in [0.2, 0.25) is 0 Å². The van der Waals surface area contributed by atoms with E-state index in [-0.39, 0.29) is 12.0 Å². The van der Waals surface area contributed by atoms with Crippen molar-refractivity contribution in [1.29, 1.82) is 0 Å². The van der Waals surface area contributed by atoms with E-state index in [1.807, 2.05) is 24.3 Å². The maximum Gasteiger partial charge on any atom is 0.255 e. The number of fused-ring (bicyclic) bond motifs is 1. The first-order valence-electron chi connectivity index (χ1n) is 6.72. The lowest BCUT2D eigenvalue weighted by atomic mass is 10.1. The zero-order valence-electron chi connectivity index (χ0n) is 11.4. The van der Waals surface area contributed by atoms with Gasteiger partial charge in [0.25, 0.3) is 5.91 Å². The van der Waals surface area contributed by atoms with E-state index in [1.165, 1.54) is 5.56 Å². The number of carbonyl (C=O) groups is 1. The molecular weight excluding hydrogens is 268 g/mol. The number of aromatic nitrogens is 1. The number of hydrogen-bond acceptors (Lipinski definition) is 5. The lowest BCUT2D eigenvalue weighted by Gasteiger charge is -2.13. The first kappa shape index (κ1) is 13.4. The number of rotatable bonds is 4. The maximum absolute atomic E-state index is 12.2. The summed E-state index contributed by atoms with van der Waals surface area (Å²) in [6.45, 7) is 0.437. The third kappa shape index (κ3) is 2.80. The van der Waals surface area contributed by atoms with Crippen LogP contribution in [-0.4, -0.2) is 23.5 Å². The van der Waals surface area contributed by atoms with Crippen molar-refractivity contribution < 1.29 is 9.53 Å². The monoisotopic (exact) mass is 284 g/mol. The number of para-hydroxylation sites is 1. The molecule has 2 heterocycles. The standard InChI is InChI=1S/C15H16N4O2/c16-19-14-12(5-3-7-17-14)15(20)18-9-11-8-10-4-1-2-6-13(10)21-11/h1-7,11H,8-9,16H2,(H,17,19)(H,18,20). The highest BCUT2D eigenvalue weighted by Crippen LogP contribution is 2.27. The predicted octanol–water partition coefficient (Wildman–Crippen LogP) is 1.10. The largest absolute Gasteiger partial charge is 0.488 e. The summed E-state index contributed by atoms with van der Waals surface area (Å²) in [4.78, 5) is 16.2. The summed E-state index contributed by atoms with van der Waals surface area (Å²) in [6.07, 6.45) is 2.33. The highest BCUT2D eigenvalue weighted by Gasteiger charge is 2.23. The average molecular weight is 284 g/mol. The molecule has 3 rings (SSSR count). The molecule has 21 heavy (non-hydrogen) atoms. The number of nitrogen functional groups attached to an aromatic ring is 1. The van der Waals surface area contributed by atoms with Gasteiger partial charge in [-0.1, -0.05) is 18.2 Å². The zero-order chi connectivity index (χ0) is 14.7. The van der Waals surface area contributed by atoms with Gasteiger partial charge >= 0.3 is 0 Å². The molecule has 108 valence electrons. The Morgan fingerprint density at radius 3 is 3.00 bits per heavy atom. The number of nitrogens with one attached hydrogen (secondary N) is 2. The first-order chi connectivity index (χ1) is 10.3. The van der Waals surface area contributed by atoms with E-state index in [4.69, 9.17) is 10.6 Å². The van der Waals surface area contributed by atoms with E-state index >= 15 is 0 Å². The van der Waals surface area contributed by atoms with Crippen LogP contribution in [-0.2, 0) is 6.42 Å². The molecule has 4 N–H and O–H groups in total. The molecule has 0 aliphatic carbocycles. The van der Waals surface area contributed by atoms with Crippen molar-refractivity contribution in [1.82, 2.24) is 10.3 Å². The minimum Gasteiger partial charge on any atom is -0.488 e. The molecule has 1 aliphatic heterocycles. The topological polar surface area (TPSA) is 89.3 Å². The molecule has 0 saturated heterocycles. The van der Waals surface area contributed by atoms with Crippen LogP contribution in [0.4, 0.5) is 5.82 Å². The molecule has 0 radical (unpaired) electrons. The molecule has 1 unspecified atom stereocenters. The van der Waals surface area contributed by atoms with Crippen LogP contribution in [0.15, 0.2) is 42.6 Å². The van der Waals surface area contributed by atoms with Gasteiger partial charge in [0.15, 0.2) is 5.82 Å². The predicted molar refractivity (Wildman–Crippen MR) is 78.9 cm³/mol.